The quantitative estimate of drug-likeness (QED) is 0.230. The predicted octanol–water partition coefficient (Wildman–Crippen LogP) is 3.03. The monoisotopic (exact) mass is 383 g/mol. The number of allylic oxidation sites excluding steroid dienone is 7. The van der Waals surface area contributed by atoms with E-state index in [1.807, 2.05) is 12.2 Å². The zero-order valence-electron chi connectivity index (χ0n) is 17.0. The van der Waals surface area contributed by atoms with Crippen molar-refractivity contribution in [2.75, 3.05) is 7.05 Å². The number of nitrogens with one attached hydrogen (secondary N) is 5. The van der Waals surface area contributed by atoms with Crippen LogP contribution in [0.4, 0.5) is 0 Å². The molecule has 7 heteroatoms. The average Bonchev–Trinajstić information content (AvgIpc) is 2.94. The number of carbonyl (C=O) groups is 1. The first-order valence-corrected chi connectivity index (χ1v) is 9.31. The van der Waals surface area contributed by atoms with Gasteiger partial charge in [-0.25, -0.2) is 0 Å². The molecule has 150 valence electrons. The third kappa shape index (κ3) is 4.08. The van der Waals surface area contributed by atoms with Gasteiger partial charge in [0.1, 0.15) is 0 Å². The van der Waals surface area contributed by atoms with Gasteiger partial charge in [0.05, 0.1) is 17.0 Å². The maximum Gasteiger partial charge on any atom is 0.258 e. The molecule has 0 aromatic carbocycles. The van der Waals surface area contributed by atoms with E-state index in [1.54, 1.807) is 34.0 Å². The maximum atomic E-state index is 12.7. The molecule has 2 atom stereocenters. The highest BCUT2D eigenvalue weighted by atomic mass is 16.3. The molecule has 28 heavy (non-hydrogen) atoms. The van der Waals surface area contributed by atoms with E-state index in [1.165, 1.54) is 6.21 Å². The van der Waals surface area contributed by atoms with Crippen molar-refractivity contribution >= 4 is 17.8 Å². The standard InChI is InChI=1S/C21H29N5O2/c1-6-14-7-18-17(8-16(14)19(11(2)23)13(4)27)20(21(28)26-18)12(3)25-15(9-22)10-24-5/h7-10,14,16,22-25,27H,6H2,1-5H3,(H,26,28)/b15-10+,19-13+,20-12-,22-9?,23-11?. The highest BCUT2D eigenvalue weighted by molar-refractivity contribution is 6.06. The molecule has 1 aliphatic heterocycles. The van der Waals surface area contributed by atoms with Crippen LogP contribution in [0.5, 0.6) is 0 Å². The second kappa shape index (κ2) is 8.73. The number of aliphatic hydroxyl groups is 1. The van der Waals surface area contributed by atoms with Gasteiger partial charge in [-0.15, -0.1) is 0 Å². The molecule has 0 aromatic rings. The zero-order chi connectivity index (χ0) is 21.0. The topological polar surface area (TPSA) is 121 Å². The van der Waals surface area contributed by atoms with Gasteiger partial charge in [0.15, 0.2) is 0 Å². The van der Waals surface area contributed by atoms with Crippen LogP contribution in [0.15, 0.2) is 57.9 Å². The number of rotatable bonds is 7. The summed E-state index contributed by atoms with van der Waals surface area (Å²) in [4.78, 5) is 12.7. The predicted molar refractivity (Wildman–Crippen MR) is 112 cm³/mol. The number of aliphatic hydroxyl groups excluding tert-OH is 1. The minimum Gasteiger partial charge on any atom is -0.512 e. The second-order valence-corrected chi connectivity index (χ2v) is 6.99. The van der Waals surface area contributed by atoms with Gasteiger partial charge >= 0.3 is 0 Å². The van der Waals surface area contributed by atoms with Crippen LogP contribution in [0.25, 0.3) is 0 Å². The Hall–Kier alpha value is -3.09. The molecule has 2 aliphatic rings. The van der Waals surface area contributed by atoms with Crippen molar-refractivity contribution in [3.05, 3.63) is 57.9 Å². The Morgan fingerprint density at radius 1 is 1.32 bits per heavy atom. The van der Waals surface area contributed by atoms with Gasteiger partial charge in [-0.05, 0) is 33.1 Å². The van der Waals surface area contributed by atoms with Crippen LogP contribution in [-0.2, 0) is 4.79 Å². The summed E-state index contributed by atoms with van der Waals surface area (Å²) in [5.74, 6) is -0.183. The van der Waals surface area contributed by atoms with E-state index in [9.17, 15) is 9.90 Å². The summed E-state index contributed by atoms with van der Waals surface area (Å²) in [6.45, 7) is 7.11. The summed E-state index contributed by atoms with van der Waals surface area (Å²) >= 11 is 0. The number of fused-ring (bicyclic) bond motifs is 1. The van der Waals surface area contributed by atoms with Gasteiger partial charge in [0.25, 0.3) is 5.91 Å². The minimum absolute atomic E-state index is 0.0744. The van der Waals surface area contributed by atoms with Crippen molar-refractivity contribution in [3.63, 3.8) is 0 Å². The molecule has 2 unspecified atom stereocenters. The van der Waals surface area contributed by atoms with Crippen LogP contribution in [0.3, 0.4) is 0 Å². The number of hydrogen-bond acceptors (Lipinski definition) is 6. The lowest BCUT2D eigenvalue weighted by Gasteiger charge is -2.28. The van der Waals surface area contributed by atoms with Gasteiger partial charge < -0.3 is 31.9 Å². The summed E-state index contributed by atoms with van der Waals surface area (Å²) in [6, 6.07) is 0. The van der Waals surface area contributed by atoms with E-state index in [-0.39, 0.29) is 23.5 Å². The molecule has 1 saturated heterocycles. The fourth-order valence-electron chi connectivity index (χ4n) is 3.79. The summed E-state index contributed by atoms with van der Waals surface area (Å²) in [7, 11) is 1.74. The first-order chi connectivity index (χ1) is 13.2. The summed E-state index contributed by atoms with van der Waals surface area (Å²) < 4.78 is 0. The molecule has 0 aromatic heterocycles. The van der Waals surface area contributed by atoms with Gasteiger partial charge in [-0.1, -0.05) is 19.1 Å². The van der Waals surface area contributed by atoms with E-state index >= 15 is 0 Å². The Morgan fingerprint density at radius 3 is 2.50 bits per heavy atom. The lowest BCUT2D eigenvalue weighted by atomic mass is 9.76. The Morgan fingerprint density at radius 2 is 2.00 bits per heavy atom. The van der Waals surface area contributed by atoms with E-state index < -0.39 is 0 Å². The number of carbonyl (C=O) groups excluding carboxylic acids is 1. The van der Waals surface area contributed by atoms with Crippen molar-refractivity contribution in [1.29, 1.82) is 10.8 Å². The third-order valence-corrected chi connectivity index (χ3v) is 4.98. The average molecular weight is 383 g/mol. The lowest BCUT2D eigenvalue weighted by Crippen LogP contribution is -2.23. The van der Waals surface area contributed by atoms with Crippen LogP contribution in [0, 0.1) is 22.7 Å². The fraction of sp³-hybridized carbons (Fsp3) is 0.381. The Kier molecular flexibility index (Phi) is 6.62. The summed E-state index contributed by atoms with van der Waals surface area (Å²) in [5.41, 5.74) is 4.09. The van der Waals surface area contributed by atoms with E-state index in [2.05, 4.69) is 22.9 Å². The maximum absolute atomic E-state index is 12.7. The van der Waals surface area contributed by atoms with E-state index in [4.69, 9.17) is 10.8 Å². The van der Waals surface area contributed by atoms with Crippen molar-refractivity contribution in [1.82, 2.24) is 16.0 Å². The lowest BCUT2D eigenvalue weighted by molar-refractivity contribution is -0.115. The summed E-state index contributed by atoms with van der Waals surface area (Å²) in [6.07, 6.45) is 7.62. The normalized spacial score (nSPS) is 24.3. The van der Waals surface area contributed by atoms with Crippen LogP contribution < -0.4 is 16.0 Å². The second-order valence-electron chi connectivity index (χ2n) is 6.99. The molecule has 0 spiro atoms. The molecule has 2 rings (SSSR count). The molecule has 0 radical (unpaired) electrons. The molecule has 0 bridgehead atoms. The molecular formula is C21H29N5O2. The smallest absolute Gasteiger partial charge is 0.258 e. The van der Waals surface area contributed by atoms with Crippen molar-refractivity contribution in [2.24, 2.45) is 11.8 Å². The third-order valence-electron chi connectivity index (χ3n) is 4.98. The first-order valence-electron chi connectivity index (χ1n) is 9.31. The van der Waals surface area contributed by atoms with Crippen LogP contribution in [0.2, 0.25) is 0 Å². The largest absolute Gasteiger partial charge is 0.512 e. The number of amides is 1. The Labute approximate surface area is 166 Å². The van der Waals surface area contributed by atoms with Crippen LogP contribution >= 0.6 is 0 Å². The molecular weight excluding hydrogens is 354 g/mol. The SMILES string of the molecule is CCC1C=C2NC(=O)/C(=C(/C)N/C(C=N)=C/NC)C2=CC1/C(C(C)=N)=C(\C)O. The van der Waals surface area contributed by atoms with E-state index in [0.29, 0.717) is 28.3 Å². The molecule has 1 heterocycles. The van der Waals surface area contributed by atoms with Crippen molar-refractivity contribution in [3.8, 4) is 0 Å². The van der Waals surface area contributed by atoms with Crippen LogP contribution in [0.1, 0.15) is 34.1 Å². The minimum atomic E-state index is -0.204. The zero-order valence-corrected chi connectivity index (χ0v) is 17.0. The Bertz CT molecular complexity index is 854. The fourth-order valence-corrected chi connectivity index (χ4v) is 3.79. The molecule has 7 nitrogen and oxygen atoms in total. The highest BCUT2D eigenvalue weighted by Gasteiger charge is 2.36. The highest BCUT2D eigenvalue weighted by Crippen LogP contribution is 2.40. The van der Waals surface area contributed by atoms with Gasteiger partial charge in [-0.3, -0.25) is 4.79 Å². The van der Waals surface area contributed by atoms with Crippen molar-refractivity contribution in [2.45, 2.75) is 34.1 Å². The van der Waals surface area contributed by atoms with Gasteiger partial charge in [-0.2, -0.15) is 0 Å². The molecule has 1 fully saturated rings. The van der Waals surface area contributed by atoms with Gasteiger partial charge in [0.2, 0.25) is 0 Å². The van der Waals surface area contributed by atoms with Crippen molar-refractivity contribution < 1.29 is 9.90 Å². The van der Waals surface area contributed by atoms with Gasteiger partial charge in [0, 0.05) is 53.6 Å². The summed E-state index contributed by atoms with van der Waals surface area (Å²) in [5, 5.41) is 34.6. The first kappa shape index (κ1) is 21.2. The Balaban J connectivity index is 2.58. The van der Waals surface area contributed by atoms with E-state index in [0.717, 1.165) is 17.7 Å². The molecule has 0 saturated carbocycles. The number of hydrogen-bond donors (Lipinski definition) is 6. The van der Waals surface area contributed by atoms with Crippen LogP contribution in [-0.4, -0.2) is 30.0 Å². The molecule has 6 N–H and O–H groups in total. The molecule has 1 amide bonds. The molecule has 1 aliphatic carbocycles.